The topological polar surface area (TPSA) is 35.6 Å². The van der Waals surface area contributed by atoms with Crippen LogP contribution in [0.25, 0.3) is 0 Å². The Balaban J connectivity index is 1.60. The average molecular weight is 291 g/mol. The van der Waals surface area contributed by atoms with Gasteiger partial charge in [-0.1, -0.05) is 6.07 Å². The van der Waals surface area contributed by atoms with Crippen LogP contribution >= 0.6 is 0 Å². The Morgan fingerprint density at radius 1 is 1.29 bits per heavy atom. The zero-order valence-corrected chi connectivity index (χ0v) is 12.4. The van der Waals surface area contributed by atoms with Crippen molar-refractivity contribution in [2.24, 2.45) is 0 Å². The molecule has 3 rings (SSSR count). The summed E-state index contributed by atoms with van der Waals surface area (Å²) in [5.41, 5.74) is 1.03. The van der Waals surface area contributed by atoms with E-state index in [-0.39, 0.29) is 11.7 Å². The predicted molar refractivity (Wildman–Crippen MR) is 79.9 cm³/mol. The largest absolute Gasteiger partial charge is 0.336 e. The van der Waals surface area contributed by atoms with Crippen LogP contribution < -0.4 is 5.32 Å². The van der Waals surface area contributed by atoms with Gasteiger partial charge in [0.05, 0.1) is 0 Å². The van der Waals surface area contributed by atoms with Crippen molar-refractivity contribution in [1.82, 2.24) is 15.1 Å². The first-order valence-electron chi connectivity index (χ1n) is 7.65. The maximum Gasteiger partial charge on any atom is 0.254 e. The van der Waals surface area contributed by atoms with Crippen LogP contribution in [0.2, 0.25) is 0 Å². The van der Waals surface area contributed by atoms with Gasteiger partial charge in [-0.25, -0.2) is 4.39 Å². The first-order valence-corrected chi connectivity index (χ1v) is 7.65. The molecule has 1 aromatic carbocycles. The lowest BCUT2D eigenvalue weighted by Crippen LogP contribution is -2.52. The number of piperazine rings is 1. The molecule has 2 aliphatic heterocycles. The van der Waals surface area contributed by atoms with Gasteiger partial charge in [-0.15, -0.1) is 0 Å². The monoisotopic (exact) mass is 291 g/mol. The number of carbonyl (C=O) groups is 1. The van der Waals surface area contributed by atoms with Gasteiger partial charge in [0.25, 0.3) is 5.91 Å². The number of hydrogen-bond donors (Lipinski definition) is 1. The molecule has 0 aliphatic carbocycles. The van der Waals surface area contributed by atoms with Crippen LogP contribution in [0.5, 0.6) is 0 Å². The standard InChI is InChI=1S/C16H22FN3O/c1-12-2-3-13(10-15(12)17)16(21)20-8-6-19(7-9-20)14-4-5-18-11-14/h2-3,10,14,18H,4-9,11H2,1H3. The molecule has 4 nitrogen and oxygen atoms in total. The van der Waals surface area contributed by atoms with Crippen molar-refractivity contribution in [2.75, 3.05) is 39.3 Å². The third kappa shape index (κ3) is 3.09. The van der Waals surface area contributed by atoms with E-state index in [9.17, 15) is 9.18 Å². The number of carbonyl (C=O) groups excluding carboxylic acids is 1. The Morgan fingerprint density at radius 2 is 2.05 bits per heavy atom. The second-order valence-corrected chi connectivity index (χ2v) is 5.94. The maximum absolute atomic E-state index is 13.6. The Labute approximate surface area is 124 Å². The van der Waals surface area contributed by atoms with E-state index in [1.54, 1.807) is 19.1 Å². The molecule has 2 saturated heterocycles. The zero-order valence-electron chi connectivity index (χ0n) is 12.4. The summed E-state index contributed by atoms with van der Waals surface area (Å²) in [6, 6.07) is 5.35. The van der Waals surface area contributed by atoms with E-state index in [4.69, 9.17) is 0 Å². The summed E-state index contributed by atoms with van der Waals surface area (Å²) in [5.74, 6) is -0.366. The minimum absolute atomic E-state index is 0.0573. The van der Waals surface area contributed by atoms with Gasteiger partial charge in [0.15, 0.2) is 0 Å². The van der Waals surface area contributed by atoms with Crippen molar-refractivity contribution in [3.63, 3.8) is 0 Å². The molecule has 5 heteroatoms. The highest BCUT2D eigenvalue weighted by Crippen LogP contribution is 2.15. The Hall–Kier alpha value is -1.46. The molecule has 0 spiro atoms. The van der Waals surface area contributed by atoms with Crippen LogP contribution in [0.1, 0.15) is 22.3 Å². The molecule has 21 heavy (non-hydrogen) atoms. The molecule has 1 atom stereocenters. The number of halogens is 1. The van der Waals surface area contributed by atoms with Crippen molar-refractivity contribution in [2.45, 2.75) is 19.4 Å². The van der Waals surface area contributed by atoms with Crippen LogP contribution in [0.15, 0.2) is 18.2 Å². The van der Waals surface area contributed by atoms with Crippen molar-refractivity contribution >= 4 is 5.91 Å². The second-order valence-electron chi connectivity index (χ2n) is 5.94. The molecular weight excluding hydrogens is 269 g/mol. The second kappa shape index (κ2) is 6.12. The Bertz CT molecular complexity index is 520. The summed E-state index contributed by atoms with van der Waals surface area (Å²) in [7, 11) is 0. The highest BCUT2D eigenvalue weighted by molar-refractivity contribution is 5.94. The predicted octanol–water partition coefficient (Wildman–Crippen LogP) is 1.25. The van der Waals surface area contributed by atoms with Gasteiger partial charge in [-0.2, -0.15) is 0 Å². The molecule has 0 aromatic heterocycles. The quantitative estimate of drug-likeness (QED) is 0.891. The number of amides is 1. The molecule has 1 N–H and O–H groups in total. The smallest absolute Gasteiger partial charge is 0.254 e. The molecule has 1 aromatic rings. The minimum atomic E-state index is -0.309. The fourth-order valence-electron chi connectivity index (χ4n) is 3.15. The number of rotatable bonds is 2. The van der Waals surface area contributed by atoms with E-state index >= 15 is 0 Å². The number of aryl methyl sites for hydroxylation is 1. The van der Waals surface area contributed by atoms with E-state index in [1.165, 1.54) is 12.5 Å². The summed E-state index contributed by atoms with van der Waals surface area (Å²) in [4.78, 5) is 16.7. The van der Waals surface area contributed by atoms with Gasteiger partial charge >= 0.3 is 0 Å². The molecule has 114 valence electrons. The molecule has 0 bridgehead atoms. The van der Waals surface area contributed by atoms with Crippen molar-refractivity contribution in [1.29, 1.82) is 0 Å². The van der Waals surface area contributed by atoms with Gasteiger partial charge in [-0.3, -0.25) is 9.69 Å². The maximum atomic E-state index is 13.6. The molecule has 2 fully saturated rings. The third-order valence-corrected chi connectivity index (χ3v) is 4.57. The summed E-state index contributed by atoms with van der Waals surface area (Å²) >= 11 is 0. The third-order valence-electron chi connectivity index (χ3n) is 4.57. The van der Waals surface area contributed by atoms with Gasteiger partial charge in [0, 0.05) is 44.3 Å². The highest BCUT2D eigenvalue weighted by Gasteiger charge is 2.28. The Kier molecular flexibility index (Phi) is 4.22. The number of nitrogens with one attached hydrogen (secondary N) is 1. The van der Waals surface area contributed by atoms with Gasteiger partial charge in [-0.05, 0) is 37.6 Å². The molecule has 1 amide bonds. The van der Waals surface area contributed by atoms with Crippen LogP contribution in [0, 0.1) is 12.7 Å². The van der Waals surface area contributed by atoms with Crippen LogP contribution in [0.3, 0.4) is 0 Å². The molecule has 2 heterocycles. The van der Waals surface area contributed by atoms with Gasteiger partial charge < -0.3 is 10.2 Å². The fraction of sp³-hybridized carbons (Fsp3) is 0.562. The van der Waals surface area contributed by atoms with E-state index in [2.05, 4.69) is 10.2 Å². The molecule has 0 radical (unpaired) electrons. The number of nitrogens with zero attached hydrogens (tertiary/aromatic N) is 2. The van der Waals surface area contributed by atoms with E-state index in [0.717, 1.165) is 39.3 Å². The van der Waals surface area contributed by atoms with Crippen molar-refractivity contribution in [3.05, 3.63) is 35.1 Å². The van der Waals surface area contributed by atoms with Crippen LogP contribution in [0.4, 0.5) is 4.39 Å². The molecular formula is C16H22FN3O. The van der Waals surface area contributed by atoms with Gasteiger partial charge in [0.2, 0.25) is 0 Å². The molecule has 0 saturated carbocycles. The fourth-order valence-corrected chi connectivity index (χ4v) is 3.15. The summed E-state index contributed by atoms with van der Waals surface area (Å²) in [6.45, 7) is 7.12. The first-order chi connectivity index (χ1) is 10.1. The Morgan fingerprint density at radius 3 is 2.67 bits per heavy atom. The van der Waals surface area contributed by atoms with Crippen molar-refractivity contribution < 1.29 is 9.18 Å². The minimum Gasteiger partial charge on any atom is -0.336 e. The SMILES string of the molecule is Cc1ccc(C(=O)N2CCN(C3CCNC3)CC2)cc1F. The highest BCUT2D eigenvalue weighted by atomic mass is 19.1. The lowest BCUT2D eigenvalue weighted by atomic mass is 10.1. The summed E-state index contributed by atoms with van der Waals surface area (Å²) in [5, 5.41) is 3.38. The van der Waals surface area contributed by atoms with E-state index < -0.39 is 0 Å². The van der Waals surface area contributed by atoms with Crippen LogP contribution in [-0.4, -0.2) is 61.0 Å². The first kappa shape index (κ1) is 14.5. The lowest BCUT2D eigenvalue weighted by Gasteiger charge is -2.37. The van der Waals surface area contributed by atoms with Crippen molar-refractivity contribution in [3.8, 4) is 0 Å². The normalized spacial score (nSPS) is 23.5. The summed E-state index contributed by atoms with van der Waals surface area (Å²) in [6.07, 6.45) is 1.19. The molecule has 2 aliphatic rings. The zero-order chi connectivity index (χ0) is 14.8. The average Bonchev–Trinajstić information content (AvgIpc) is 3.04. The lowest BCUT2D eigenvalue weighted by molar-refractivity contribution is 0.0583. The summed E-state index contributed by atoms with van der Waals surface area (Å²) < 4.78 is 13.6. The van der Waals surface area contributed by atoms with Gasteiger partial charge in [0.1, 0.15) is 5.82 Å². The van der Waals surface area contributed by atoms with Crippen LogP contribution in [-0.2, 0) is 0 Å². The van der Waals surface area contributed by atoms with E-state index in [0.29, 0.717) is 17.2 Å². The number of hydrogen-bond acceptors (Lipinski definition) is 3. The number of benzene rings is 1. The van der Waals surface area contributed by atoms with E-state index in [1.807, 2.05) is 4.90 Å². The molecule has 1 unspecified atom stereocenters.